The van der Waals surface area contributed by atoms with Crippen LogP contribution in [0.4, 0.5) is 0 Å². The first-order chi connectivity index (χ1) is 8.79. The third-order valence-corrected chi connectivity index (χ3v) is 5.19. The second-order valence-electron chi connectivity index (χ2n) is 6.48. The lowest BCUT2D eigenvalue weighted by molar-refractivity contribution is 0.156. The van der Waals surface area contributed by atoms with Crippen LogP contribution in [-0.2, 0) is 0 Å². The van der Waals surface area contributed by atoms with Crippen molar-refractivity contribution < 1.29 is 0 Å². The average Bonchev–Trinajstić information content (AvgIpc) is 2.92. The maximum absolute atomic E-state index is 3.80. The molecule has 2 aliphatic rings. The van der Waals surface area contributed by atoms with Gasteiger partial charge in [0.1, 0.15) is 0 Å². The Labute approximate surface area is 114 Å². The zero-order valence-corrected chi connectivity index (χ0v) is 12.5. The van der Waals surface area contributed by atoms with Crippen LogP contribution >= 0.6 is 0 Å². The molecular formula is C16H32N2. The smallest absolute Gasteiger partial charge is 0.00792 e. The van der Waals surface area contributed by atoms with Gasteiger partial charge in [0, 0.05) is 12.6 Å². The van der Waals surface area contributed by atoms with Gasteiger partial charge in [0.25, 0.3) is 0 Å². The third kappa shape index (κ3) is 4.24. The number of nitrogens with zero attached hydrogens (tertiary/aromatic N) is 1. The Morgan fingerprint density at radius 2 is 1.94 bits per heavy atom. The SMILES string of the molecule is CCN1CCCC(C(C)NCCC2CCCC2)C1. The minimum absolute atomic E-state index is 0.709. The molecule has 1 N–H and O–H groups in total. The molecule has 0 radical (unpaired) electrons. The number of hydrogen-bond acceptors (Lipinski definition) is 2. The minimum atomic E-state index is 0.709. The largest absolute Gasteiger partial charge is 0.314 e. The van der Waals surface area contributed by atoms with Crippen molar-refractivity contribution in [3.63, 3.8) is 0 Å². The van der Waals surface area contributed by atoms with Crippen molar-refractivity contribution in [2.75, 3.05) is 26.2 Å². The molecule has 2 unspecified atom stereocenters. The van der Waals surface area contributed by atoms with E-state index in [9.17, 15) is 0 Å². The highest BCUT2D eigenvalue weighted by molar-refractivity contribution is 4.80. The van der Waals surface area contributed by atoms with Gasteiger partial charge in [0.2, 0.25) is 0 Å². The molecule has 1 aliphatic heterocycles. The molecule has 0 spiro atoms. The Morgan fingerprint density at radius 3 is 2.67 bits per heavy atom. The number of nitrogens with one attached hydrogen (secondary N) is 1. The summed E-state index contributed by atoms with van der Waals surface area (Å²) in [6.45, 7) is 9.80. The molecule has 2 fully saturated rings. The average molecular weight is 252 g/mol. The van der Waals surface area contributed by atoms with Crippen LogP contribution in [-0.4, -0.2) is 37.1 Å². The van der Waals surface area contributed by atoms with Crippen molar-refractivity contribution in [1.29, 1.82) is 0 Å². The summed E-state index contributed by atoms with van der Waals surface area (Å²) in [5.74, 6) is 1.91. The minimum Gasteiger partial charge on any atom is -0.314 e. The Morgan fingerprint density at radius 1 is 1.17 bits per heavy atom. The molecule has 2 rings (SSSR count). The highest BCUT2D eigenvalue weighted by Crippen LogP contribution is 2.27. The Hall–Kier alpha value is -0.0800. The van der Waals surface area contributed by atoms with Crippen LogP contribution < -0.4 is 5.32 Å². The van der Waals surface area contributed by atoms with E-state index in [0.29, 0.717) is 6.04 Å². The molecule has 1 aliphatic carbocycles. The molecule has 0 bridgehead atoms. The Bertz CT molecular complexity index is 223. The van der Waals surface area contributed by atoms with Crippen LogP contribution in [0.1, 0.15) is 58.8 Å². The topological polar surface area (TPSA) is 15.3 Å². The molecule has 0 amide bonds. The second kappa shape index (κ2) is 7.49. The van der Waals surface area contributed by atoms with E-state index in [2.05, 4.69) is 24.1 Å². The van der Waals surface area contributed by atoms with E-state index in [1.165, 1.54) is 71.1 Å². The Kier molecular flexibility index (Phi) is 5.97. The fraction of sp³-hybridized carbons (Fsp3) is 1.00. The zero-order valence-electron chi connectivity index (χ0n) is 12.5. The molecule has 1 heterocycles. The molecule has 2 atom stereocenters. The first-order valence-electron chi connectivity index (χ1n) is 8.25. The van der Waals surface area contributed by atoms with E-state index in [1.54, 1.807) is 0 Å². The molecular weight excluding hydrogens is 220 g/mol. The van der Waals surface area contributed by atoms with E-state index in [1.807, 2.05) is 0 Å². The number of rotatable bonds is 6. The quantitative estimate of drug-likeness (QED) is 0.780. The summed E-state index contributed by atoms with van der Waals surface area (Å²) in [6, 6.07) is 0.709. The van der Waals surface area contributed by atoms with Crippen LogP contribution in [0.2, 0.25) is 0 Å². The van der Waals surface area contributed by atoms with E-state index >= 15 is 0 Å². The lowest BCUT2D eigenvalue weighted by Gasteiger charge is -2.35. The van der Waals surface area contributed by atoms with E-state index in [4.69, 9.17) is 0 Å². The third-order valence-electron chi connectivity index (χ3n) is 5.19. The monoisotopic (exact) mass is 252 g/mol. The molecule has 2 heteroatoms. The van der Waals surface area contributed by atoms with Crippen molar-refractivity contribution in [2.24, 2.45) is 11.8 Å². The Balaban J connectivity index is 1.62. The fourth-order valence-electron chi connectivity index (χ4n) is 3.77. The lowest BCUT2D eigenvalue weighted by Crippen LogP contribution is -2.44. The molecule has 18 heavy (non-hydrogen) atoms. The molecule has 0 aromatic heterocycles. The molecule has 1 saturated carbocycles. The summed E-state index contributed by atoms with van der Waals surface area (Å²) in [4.78, 5) is 2.61. The van der Waals surface area contributed by atoms with E-state index in [-0.39, 0.29) is 0 Å². The maximum atomic E-state index is 3.80. The van der Waals surface area contributed by atoms with Gasteiger partial charge in [-0.25, -0.2) is 0 Å². The molecule has 0 aromatic carbocycles. The van der Waals surface area contributed by atoms with Crippen LogP contribution in [0, 0.1) is 11.8 Å². The summed E-state index contributed by atoms with van der Waals surface area (Å²) < 4.78 is 0. The summed E-state index contributed by atoms with van der Waals surface area (Å²) in [5.41, 5.74) is 0. The molecule has 0 aromatic rings. The first-order valence-corrected chi connectivity index (χ1v) is 8.25. The molecule has 106 valence electrons. The normalized spacial score (nSPS) is 28.7. The van der Waals surface area contributed by atoms with Gasteiger partial charge in [0.05, 0.1) is 0 Å². The van der Waals surface area contributed by atoms with Gasteiger partial charge in [-0.2, -0.15) is 0 Å². The summed E-state index contributed by atoms with van der Waals surface area (Å²) in [7, 11) is 0. The predicted molar refractivity (Wildman–Crippen MR) is 78.9 cm³/mol. The van der Waals surface area contributed by atoms with E-state index in [0.717, 1.165) is 11.8 Å². The van der Waals surface area contributed by atoms with Crippen molar-refractivity contribution in [3.8, 4) is 0 Å². The van der Waals surface area contributed by atoms with Gasteiger partial charge in [-0.1, -0.05) is 32.6 Å². The van der Waals surface area contributed by atoms with Crippen molar-refractivity contribution >= 4 is 0 Å². The predicted octanol–water partition coefficient (Wildman–Crippen LogP) is 3.28. The highest BCUT2D eigenvalue weighted by Gasteiger charge is 2.23. The maximum Gasteiger partial charge on any atom is 0.00792 e. The highest BCUT2D eigenvalue weighted by atomic mass is 15.1. The van der Waals surface area contributed by atoms with Gasteiger partial charge in [0.15, 0.2) is 0 Å². The van der Waals surface area contributed by atoms with Crippen molar-refractivity contribution in [3.05, 3.63) is 0 Å². The van der Waals surface area contributed by atoms with Crippen LogP contribution in [0.5, 0.6) is 0 Å². The summed E-state index contributed by atoms with van der Waals surface area (Å²) in [5, 5.41) is 3.80. The summed E-state index contributed by atoms with van der Waals surface area (Å²) in [6.07, 6.45) is 10.2. The molecule has 1 saturated heterocycles. The standard InChI is InChI=1S/C16H32N2/c1-3-18-12-6-9-16(13-18)14(2)17-11-10-15-7-4-5-8-15/h14-17H,3-13H2,1-2H3. The number of piperidine rings is 1. The van der Waals surface area contributed by atoms with Gasteiger partial charge in [-0.3, -0.25) is 0 Å². The van der Waals surface area contributed by atoms with Crippen LogP contribution in [0.15, 0.2) is 0 Å². The number of likely N-dealkylation sites (tertiary alicyclic amines) is 1. The second-order valence-corrected chi connectivity index (χ2v) is 6.48. The van der Waals surface area contributed by atoms with Crippen molar-refractivity contribution in [1.82, 2.24) is 10.2 Å². The number of hydrogen-bond donors (Lipinski definition) is 1. The van der Waals surface area contributed by atoms with Gasteiger partial charge < -0.3 is 10.2 Å². The zero-order chi connectivity index (χ0) is 12.8. The van der Waals surface area contributed by atoms with Gasteiger partial charge in [-0.15, -0.1) is 0 Å². The van der Waals surface area contributed by atoms with Gasteiger partial charge in [-0.05, 0) is 57.7 Å². The molecule has 2 nitrogen and oxygen atoms in total. The summed E-state index contributed by atoms with van der Waals surface area (Å²) >= 11 is 0. The van der Waals surface area contributed by atoms with Crippen LogP contribution in [0.25, 0.3) is 0 Å². The van der Waals surface area contributed by atoms with E-state index < -0.39 is 0 Å². The lowest BCUT2D eigenvalue weighted by atomic mass is 9.91. The first kappa shape index (κ1) is 14.3. The van der Waals surface area contributed by atoms with Crippen molar-refractivity contribution in [2.45, 2.75) is 64.8 Å². The van der Waals surface area contributed by atoms with Gasteiger partial charge >= 0.3 is 0 Å². The fourth-order valence-corrected chi connectivity index (χ4v) is 3.77. The van der Waals surface area contributed by atoms with Crippen LogP contribution in [0.3, 0.4) is 0 Å².